The molecule has 1 aromatic rings. The molecule has 0 aliphatic carbocycles. The van der Waals surface area contributed by atoms with Gasteiger partial charge >= 0.3 is 5.97 Å². The van der Waals surface area contributed by atoms with E-state index in [1.54, 1.807) is 6.26 Å². The minimum absolute atomic E-state index is 0.0449. The lowest BCUT2D eigenvalue weighted by atomic mass is 9.72. The highest BCUT2D eigenvalue weighted by molar-refractivity contribution is 5.67. The second-order valence-electron chi connectivity index (χ2n) is 5.86. The molecule has 100 valence electrons. The molecule has 2 rings (SSSR count). The number of aliphatic carboxylic acids is 1. The summed E-state index contributed by atoms with van der Waals surface area (Å²) in [5, 5.41) is 8.94. The number of carbonyl (C=O) groups is 1. The maximum Gasteiger partial charge on any atom is 0.303 e. The van der Waals surface area contributed by atoms with Gasteiger partial charge in [-0.05, 0) is 36.4 Å². The van der Waals surface area contributed by atoms with Crippen LogP contribution in [0.4, 0.5) is 0 Å². The fourth-order valence-electron chi connectivity index (χ4n) is 2.86. The highest BCUT2D eigenvalue weighted by Crippen LogP contribution is 2.37. The molecule has 4 nitrogen and oxygen atoms in total. The smallest absolute Gasteiger partial charge is 0.303 e. The van der Waals surface area contributed by atoms with E-state index in [1.807, 2.05) is 12.1 Å². The normalized spacial score (nSPS) is 24.0. The van der Waals surface area contributed by atoms with Gasteiger partial charge in [-0.2, -0.15) is 0 Å². The van der Waals surface area contributed by atoms with Crippen LogP contribution in [0.1, 0.15) is 32.4 Å². The Morgan fingerprint density at radius 1 is 1.61 bits per heavy atom. The summed E-state index contributed by atoms with van der Waals surface area (Å²) >= 11 is 0. The standard InChI is InChI=1S/C14H21NO3/c1-14(2)10-15(9-12-4-3-7-18-12)6-5-11(14)8-13(16)17/h3-4,7,11H,5-6,8-10H2,1-2H3,(H,16,17). The topological polar surface area (TPSA) is 53.7 Å². The number of carboxylic acid groups (broad SMARTS) is 1. The lowest BCUT2D eigenvalue weighted by Gasteiger charge is -2.43. The summed E-state index contributed by atoms with van der Waals surface area (Å²) in [7, 11) is 0. The molecule has 0 amide bonds. The van der Waals surface area contributed by atoms with Gasteiger partial charge in [0.05, 0.1) is 12.8 Å². The molecule has 18 heavy (non-hydrogen) atoms. The van der Waals surface area contributed by atoms with Gasteiger partial charge < -0.3 is 9.52 Å². The number of carboxylic acids is 1. The van der Waals surface area contributed by atoms with E-state index in [1.165, 1.54) is 0 Å². The van der Waals surface area contributed by atoms with Crippen LogP contribution >= 0.6 is 0 Å². The van der Waals surface area contributed by atoms with Gasteiger partial charge in [-0.1, -0.05) is 13.8 Å². The van der Waals surface area contributed by atoms with E-state index in [0.29, 0.717) is 0 Å². The predicted molar refractivity (Wildman–Crippen MR) is 68.1 cm³/mol. The summed E-state index contributed by atoms with van der Waals surface area (Å²) in [4.78, 5) is 13.2. The van der Waals surface area contributed by atoms with Crippen molar-refractivity contribution in [3.8, 4) is 0 Å². The van der Waals surface area contributed by atoms with Crippen molar-refractivity contribution >= 4 is 5.97 Å². The van der Waals surface area contributed by atoms with Crippen LogP contribution in [0, 0.1) is 11.3 Å². The maximum atomic E-state index is 10.9. The Balaban J connectivity index is 1.94. The van der Waals surface area contributed by atoms with E-state index < -0.39 is 5.97 Å². The van der Waals surface area contributed by atoms with Gasteiger partial charge in [0, 0.05) is 13.0 Å². The van der Waals surface area contributed by atoms with Crippen LogP contribution < -0.4 is 0 Å². The lowest BCUT2D eigenvalue weighted by molar-refractivity contribution is -0.140. The predicted octanol–water partition coefficient (Wildman–Crippen LogP) is 2.60. The average molecular weight is 251 g/mol. The van der Waals surface area contributed by atoms with Gasteiger partial charge in [0.2, 0.25) is 0 Å². The first-order valence-electron chi connectivity index (χ1n) is 6.44. The molecule has 2 heterocycles. The Morgan fingerprint density at radius 2 is 2.39 bits per heavy atom. The highest BCUT2D eigenvalue weighted by Gasteiger charge is 2.36. The number of likely N-dealkylation sites (tertiary alicyclic amines) is 1. The van der Waals surface area contributed by atoms with Crippen LogP contribution in [0.2, 0.25) is 0 Å². The van der Waals surface area contributed by atoms with E-state index >= 15 is 0 Å². The molecule has 4 heteroatoms. The van der Waals surface area contributed by atoms with Crippen molar-refractivity contribution in [1.82, 2.24) is 4.90 Å². The Morgan fingerprint density at radius 3 is 2.94 bits per heavy atom. The van der Waals surface area contributed by atoms with Crippen LogP contribution in [0.15, 0.2) is 22.8 Å². The molecule has 1 N–H and O–H groups in total. The summed E-state index contributed by atoms with van der Waals surface area (Å²) in [5.74, 6) is 0.554. The number of rotatable bonds is 4. The highest BCUT2D eigenvalue weighted by atomic mass is 16.4. The third-order valence-electron chi connectivity index (χ3n) is 3.91. The van der Waals surface area contributed by atoms with Crippen LogP contribution in [0.25, 0.3) is 0 Å². The Labute approximate surface area is 108 Å². The second kappa shape index (κ2) is 5.14. The first-order valence-corrected chi connectivity index (χ1v) is 6.44. The van der Waals surface area contributed by atoms with Gasteiger partial charge in [0.25, 0.3) is 0 Å². The van der Waals surface area contributed by atoms with Crippen molar-refractivity contribution in [2.24, 2.45) is 11.3 Å². The average Bonchev–Trinajstić information content (AvgIpc) is 2.74. The first-order chi connectivity index (χ1) is 8.47. The molecular formula is C14H21NO3. The monoisotopic (exact) mass is 251 g/mol. The molecule has 0 aromatic carbocycles. The summed E-state index contributed by atoms with van der Waals surface area (Å²) in [6.07, 6.45) is 2.92. The molecule has 0 saturated carbocycles. The summed E-state index contributed by atoms with van der Waals surface area (Å²) in [6.45, 7) is 7.01. The SMILES string of the molecule is CC1(C)CN(Cc2ccco2)CCC1CC(=O)O. The zero-order valence-corrected chi connectivity index (χ0v) is 11.1. The van der Waals surface area contributed by atoms with Gasteiger partial charge in [0.1, 0.15) is 5.76 Å². The van der Waals surface area contributed by atoms with Crippen molar-refractivity contribution < 1.29 is 14.3 Å². The minimum Gasteiger partial charge on any atom is -0.481 e. The van der Waals surface area contributed by atoms with Crippen molar-refractivity contribution in [1.29, 1.82) is 0 Å². The molecular weight excluding hydrogens is 230 g/mol. The summed E-state index contributed by atoms with van der Waals surface area (Å²) in [5.41, 5.74) is 0.0449. The quantitative estimate of drug-likeness (QED) is 0.893. The molecule has 0 spiro atoms. The van der Waals surface area contributed by atoms with Gasteiger partial charge in [-0.3, -0.25) is 9.69 Å². The number of nitrogens with zero attached hydrogens (tertiary/aromatic N) is 1. The van der Waals surface area contributed by atoms with E-state index in [9.17, 15) is 4.79 Å². The molecule has 1 unspecified atom stereocenters. The number of hydrogen-bond acceptors (Lipinski definition) is 3. The summed E-state index contributed by atoms with van der Waals surface area (Å²) < 4.78 is 5.36. The maximum absolute atomic E-state index is 10.9. The molecule has 0 bridgehead atoms. The largest absolute Gasteiger partial charge is 0.481 e. The second-order valence-corrected chi connectivity index (χ2v) is 5.86. The minimum atomic E-state index is -0.687. The summed E-state index contributed by atoms with van der Waals surface area (Å²) in [6, 6.07) is 3.88. The zero-order valence-electron chi connectivity index (χ0n) is 11.1. The van der Waals surface area contributed by atoms with Gasteiger partial charge in [-0.25, -0.2) is 0 Å². The van der Waals surface area contributed by atoms with Crippen LogP contribution in [0.3, 0.4) is 0 Å². The van der Waals surface area contributed by atoms with Crippen LogP contribution in [-0.2, 0) is 11.3 Å². The Hall–Kier alpha value is -1.29. The van der Waals surface area contributed by atoms with Gasteiger partial charge in [-0.15, -0.1) is 0 Å². The van der Waals surface area contributed by atoms with E-state index in [4.69, 9.17) is 9.52 Å². The fourth-order valence-corrected chi connectivity index (χ4v) is 2.86. The Kier molecular flexibility index (Phi) is 3.76. The van der Waals surface area contributed by atoms with Crippen LogP contribution in [-0.4, -0.2) is 29.1 Å². The molecule has 0 radical (unpaired) electrons. The van der Waals surface area contributed by atoms with Crippen molar-refractivity contribution in [3.63, 3.8) is 0 Å². The number of furan rings is 1. The van der Waals surface area contributed by atoms with Crippen molar-refractivity contribution in [3.05, 3.63) is 24.2 Å². The van der Waals surface area contributed by atoms with Crippen LogP contribution in [0.5, 0.6) is 0 Å². The Bertz CT molecular complexity index is 397. The molecule has 1 atom stereocenters. The molecule has 1 fully saturated rings. The lowest BCUT2D eigenvalue weighted by Crippen LogP contribution is -2.45. The molecule has 1 aliphatic heterocycles. The zero-order chi connectivity index (χ0) is 13.2. The number of hydrogen-bond donors (Lipinski definition) is 1. The first kappa shape index (κ1) is 13.1. The van der Waals surface area contributed by atoms with Gasteiger partial charge in [0.15, 0.2) is 0 Å². The van der Waals surface area contributed by atoms with Crippen molar-refractivity contribution in [2.75, 3.05) is 13.1 Å². The van der Waals surface area contributed by atoms with Crippen molar-refractivity contribution in [2.45, 2.75) is 33.2 Å². The molecule has 1 aromatic heterocycles. The van der Waals surface area contributed by atoms with E-state index in [0.717, 1.165) is 31.8 Å². The molecule has 1 saturated heterocycles. The molecule has 1 aliphatic rings. The van der Waals surface area contributed by atoms with E-state index in [-0.39, 0.29) is 17.8 Å². The third kappa shape index (κ3) is 3.13. The van der Waals surface area contributed by atoms with E-state index in [2.05, 4.69) is 18.7 Å². The third-order valence-corrected chi connectivity index (χ3v) is 3.91. The fraction of sp³-hybridized carbons (Fsp3) is 0.643. The number of piperidine rings is 1.